The highest BCUT2D eigenvalue weighted by Gasteiger charge is 2.32. The van der Waals surface area contributed by atoms with Crippen molar-refractivity contribution in [2.24, 2.45) is 0 Å². The summed E-state index contributed by atoms with van der Waals surface area (Å²) in [5.74, 6) is -0.820. The third kappa shape index (κ3) is 8.11. The van der Waals surface area contributed by atoms with Gasteiger partial charge in [-0.1, -0.05) is 49.2 Å². The van der Waals surface area contributed by atoms with E-state index in [2.05, 4.69) is 5.32 Å². The van der Waals surface area contributed by atoms with E-state index in [9.17, 15) is 18.0 Å². The monoisotopic (exact) mass is 555 g/mol. The zero-order chi connectivity index (χ0) is 27.2. The van der Waals surface area contributed by atoms with Crippen LogP contribution in [-0.2, 0) is 26.2 Å². The predicted molar refractivity (Wildman–Crippen MR) is 147 cm³/mol. The van der Waals surface area contributed by atoms with Gasteiger partial charge in [0.2, 0.25) is 21.8 Å². The molecule has 2 atom stereocenters. The first-order valence-corrected chi connectivity index (χ1v) is 14.5. The van der Waals surface area contributed by atoms with Crippen LogP contribution >= 0.6 is 23.2 Å². The molecule has 0 heterocycles. The Balaban J connectivity index is 2.51. The lowest BCUT2D eigenvalue weighted by Crippen LogP contribution is -2.53. The van der Waals surface area contributed by atoms with Gasteiger partial charge in [-0.3, -0.25) is 13.9 Å². The lowest BCUT2D eigenvalue weighted by atomic mass is 10.1. The number of benzene rings is 2. The van der Waals surface area contributed by atoms with Crippen molar-refractivity contribution in [2.45, 2.75) is 66.1 Å². The Kier molecular flexibility index (Phi) is 10.6. The molecule has 2 amide bonds. The van der Waals surface area contributed by atoms with Crippen molar-refractivity contribution in [3.05, 3.63) is 63.1 Å². The van der Waals surface area contributed by atoms with Crippen LogP contribution in [0.2, 0.25) is 10.0 Å². The van der Waals surface area contributed by atoms with E-state index in [-0.39, 0.29) is 18.5 Å². The molecule has 0 aliphatic rings. The van der Waals surface area contributed by atoms with Crippen molar-refractivity contribution in [3.63, 3.8) is 0 Å². The van der Waals surface area contributed by atoms with E-state index < -0.39 is 28.5 Å². The standard InChI is InChI=1S/C26H35Cl2N3O4S/c1-7-19(5)29-26(33)24(8-2)30(15-20-9-10-21(27)14-23(20)28)25(32)16-31(36(6,34)35)22-12-17(3)11-18(4)13-22/h9-14,19,24H,7-8,15-16H2,1-6H3,(H,29,33)/t19-,24+/m0/s1. The summed E-state index contributed by atoms with van der Waals surface area (Å²) in [5, 5.41) is 3.74. The average Bonchev–Trinajstić information content (AvgIpc) is 2.76. The van der Waals surface area contributed by atoms with E-state index in [0.29, 0.717) is 27.7 Å². The normalized spacial score (nSPS) is 13.1. The van der Waals surface area contributed by atoms with E-state index in [1.165, 1.54) is 4.90 Å². The molecule has 0 saturated heterocycles. The summed E-state index contributed by atoms with van der Waals surface area (Å²) < 4.78 is 26.6. The number of anilines is 1. The first kappa shape index (κ1) is 29.9. The second kappa shape index (κ2) is 12.8. The molecule has 1 N–H and O–H groups in total. The molecule has 2 aromatic carbocycles. The molecule has 0 aromatic heterocycles. The third-order valence-electron chi connectivity index (χ3n) is 5.92. The van der Waals surface area contributed by atoms with Crippen LogP contribution in [0, 0.1) is 13.8 Å². The molecule has 0 radical (unpaired) electrons. The van der Waals surface area contributed by atoms with Crippen molar-refractivity contribution in [2.75, 3.05) is 17.1 Å². The number of hydrogen-bond donors (Lipinski definition) is 1. The van der Waals surface area contributed by atoms with Crippen LogP contribution in [0.15, 0.2) is 36.4 Å². The number of amides is 2. The Morgan fingerprint density at radius 1 is 1.00 bits per heavy atom. The Labute approximate surface area is 224 Å². The van der Waals surface area contributed by atoms with Crippen molar-refractivity contribution < 1.29 is 18.0 Å². The fraction of sp³-hybridized carbons (Fsp3) is 0.462. The summed E-state index contributed by atoms with van der Waals surface area (Å²) in [4.78, 5) is 28.3. The first-order chi connectivity index (χ1) is 16.8. The zero-order valence-electron chi connectivity index (χ0n) is 21.6. The summed E-state index contributed by atoms with van der Waals surface area (Å²) in [6.45, 7) is 8.93. The molecule has 0 saturated carbocycles. The zero-order valence-corrected chi connectivity index (χ0v) is 24.0. The van der Waals surface area contributed by atoms with Crippen molar-refractivity contribution in [1.29, 1.82) is 0 Å². The quantitative estimate of drug-likeness (QED) is 0.418. The second-order valence-electron chi connectivity index (χ2n) is 9.11. The molecule has 0 unspecified atom stereocenters. The van der Waals surface area contributed by atoms with Gasteiger partial charge in [-0.05, 0) is 74.6 Å². The van der Waals surface area contributed by atoms with Gasteiger partial charge in [0.1, 0.15) is 12.6 Å². The maximum Gasteiger partial charge on any atom is 0.244 e. The smallest absolute Gasteiger partial charge is 0.244 e. The van der Waals surface area contributed by atoms with E-state index in [1.807, 2.05) is 40.7 Å². The van der Waals surface area contributed by atoms with E-state index in [4.69, 9.17) is 23.2 Å². The molecular formula is C26H35Cl2N3O4S. The van der Waals surface area contributed by atoms with Gasteiger partial charge in [0.05, 0.1) is 11.9 Å². The van der Waals surface area contributed by atoms with Gasteiger partial charge >= 0.3 is 0 Å². The largest absolute Gasteiger partial charge is 0.352 e. The van der Waals surface area contributed by atoms with Crippen molar-refractivity contribution in [3.8, 4) is 0 Å². The highest BCUT2D eigenvalue weighted by atomic mass is 35.5. The van der Waals surface area contributed by atoms with Crippen LogP contribution in [0.5, 0.6) is 0 Å². The summed E-state index contributed by atoms with van der Waals surface area (Å²) in [6.07, 6.45) is 2.13. The highest BCUT2D eigenvalue weighted by molar-refractivity contribution is 7.92. The van der Waals surface area contributed by atoms with Gasteiger partial charge < -0.3 is 10.2 Å². The van der Waals surface area contributed by atoms with Crippen LogP contribution in [-0.4, -0.2) is 50.0 Å². The summed E-state index contributed by atoms with van der Waals surface area (Å²) in [6, 6.07) is 9.38. The molecule has 2 aromatic rings. The summed E-state index contributed by atoms with van der Waals surface area (Å²) >= 11 is 12.4. The number of nitrogens with one attached hydrogen (secondary N) is 1. The minimum atomic E-state index is -3.80. The molecule has 0 spiro atoms. The van der Waals surface area contributed by atoms with Gasteiger partial charge in [0.15, 0.2) is 0 Å². The van der Waals surface area contributed by atoms with Crippen LogP contribution in [0.4, 0.5) is 5.69 Å². The minimum absolute atomic E-state index is 0.0196. The van der Waals surface area contributed by atoms with Gasteiger partial charge in [0, 0.05) is 22.6 Å². The van der Waals surface area contributed by atoms with Crippen LogP contribution in [0.25, 0.3) is 0 Å². The number of carbonyl (C=O) groups excluding carboxylic acids is 2. The number of aryl methyl sites for hydroxylation is 2. The highest BCUT2D eigenvalue weighted by Crippen LogP contribution is 2.25. The number of rotatable bonds is 11. The Morgan fingerprint density at radius 3 is 2.11 bits per heavy atom. The molecule has 0 bridgehead atoms. The molecule has 0 aliphatic carbocycles. The lowest BCUT2D eigenvalue weighted by Gasteiger charge is -2.33. The molecule has 36 heavy (non-hydrogen) atoms. The SMILES string of the molecule is CC[C@H](C(=O)N[C@@H](C)CC)N(Cc1ccc(Cl)cc1Cl)C(=O)CN(c1cc(C)cc(C)c1)S(C)(=O)=O. The fourth-order valence-corrected chi connectivity index (χ4v) is 5.20. The van der Waals surface area contributed by atoms with Gasteiger partial charge in [-0.25, -0.2) is 8.42 Å². The molecule has 7 nitrogen and oxygen atoms in total. The average molecular weight is 557 g/mol. The molecule has 0 fully saturated rings. The van der Waals surface area contributed by atoms with Crippen molar-refractivity contribution >= 4 is 50.7 Å². The Hall–Kier alpha value is -2.29. The number of carbonyl (C=O) groups is 2. The van der Waals surface area contributed by atoms with Crippen molar-refractivity contribution in [1.82, 2.24) is 10.2 Å². The number of hydrogen-bond acceptors (Lipinski definition) is 4. The lowest BCUT2D eigenvalue weighted by molar-refractivity contribution is -0.140. The Morgan fingerprint density at radius 2 is 1.61 bits per heavy atom. The van der Waals surface area contributed by atoms with Crippen LogP contribution < -0.4 is 9.62 Å². The minimum Gasteiger partial charge on any atom is -0.352 e. The maximum absolute atomic E-state index is 13.8. The second-order valence-corrected chi connectivity index (χ2v) is 11.9. The van der Waals surface area contributed by atoms with E-state index in [0.717, 1.165) is 28.1 Å². The van der Waals surface area contributed by atoms with Crippen LogP contribution in [0.1, 0.15) is 50.3 Å². The molecule has 2 rings (SSSR count). The summed E-state index contributed by atoms with van der Waals surface area (Å²) in [7, 11) is -3.80. The van der Waals surface area contributed by atoms with Gasteiger partial charge in [-0.15, -0.1) is 0 Å². The number of halogens is 2. The molecular weight excluding hydrogens is 521 g/mol. The van der Waals surface area contributed by atoms with Gasteiger partial charge in [0.25, 0.3) is 0 Å². The van der Waals surface area contributed by atoms with Gasteiger partial charge in [-0.2, -0.15) is 0 Å². The number of sulfonamides is 1. The third-order valence-corrected chi connectivity index (χ3v) is 7.64. The fourth-order valence-electron chi connectivity index (χ4n) is 3.90. The van der Waals surface area contributed by atoms with Crippen LogP contribution in [0.3, 0.4) is 0 Å². The molecule has 0 aliphatic heterocycles. The molecule has 198 valence electrons. The Bertz CT molecular complexity index is 1180. The van der Waals surface area contributed by atoms with E-state index >= 15 is 0 Å². The van der Waals surface area contributed by atoms with E-state index in [1.54, 1.807) is 30.3 Å². The molecule has 10 heteroatoms. The first-order valence-electron chi connectivity index (χ1n) is 11.9. The predicted octanol–water partition coefficient (Wildman–Crippen LogP) is 5.10. The topological polar surface area (TPSA) is 86.8 Å². The summed E-state index contributed by atoms with van der Waals surface area (Å²) in [5.41, 5.74) is 2.73. The maximum atomic E-state index is 13.8. The number of nitrogens with zero attached hydrogens (tertiary/aromatic N) is 2.